The third-order valence-electron chi connectivity index (χ3n) is 2.84. The van der Waals surface area contributed by atoms with Gasteiger partial charge in [-0.2, -0.15) is 0 Å². The Bertz CT molecular complexity index is 515. The number of oxime groups is 1. The molecule has 1 atom stereocenters. The summed E-state index contributed by atoms with van der Waals surface area (Å²) >= 11 is 19.7. The molecule has 0 N–H and O–H groups in total. The maximum absolute atomic E-state index is 6.11. The molecule has 0 saturated heterocycles. The number of nitrogens with zero attached hydrogens (tertiary/aromatic N) is 1. The van der Waals surface area contributed by atoms with Gasteiger partial charge in [0.25, 0.3) is 0 Å². The third kappa shape index (κ3) is 3.67. The van der Waals surface area contributed by atoms with Crippen molar-refractivity contribution in [2.45, 2.75) is 24.7 Å². The van der Waals surface area contributed by atoms with Crippen LogP contribution in [0.3, 0.4) is 0 Å². The highest BCUT2D eigenvalue weighted by Crippen LogP contribution is 2.36. The van der Waals surface area contributed by atoms with Crippen molar-refractivity contribution in [2.75, 3.05) is 13.0 Å². The fourth-order valence-corrected chi connectivity index (χ4v) is 3.58. The summed E-state index contributed by atoms with van der Waals surface area (Å²) in [5.41, 5.74) is 0.618. The molecule has 0 saturated carbocycles. The van der Waals surface area contributed by atoms with E-state index in [1.807, 2.05) is 19.1 Å². The highest BCUT2D eigenvalue weighted by Gasteiger charge is 2.33. The number of halogens is 3. The minimum atomic E-state index is -0.390. The highest BCUT2D eigenvalue weighted by atomic mass is 35.5. The molecule has 1 unspecified atom stereocenters. The van der Waals surface area contributed by atoms with E-state index >= 15 is 0 Å². The lowest BCUT2D eigenvalue weighted by Crippen LogP contribution is -2.26. The lowest BCUT2D eigenvalue weighted by atomic mass is 10.1. The van der Waals surface area contributed by atoms with E-state index < -0.39 is 0 Å². The first-order chi connectivity index (χ1) is 9.47. The van der Waals surface area contributed by atoms with Crippen LogP contribution in [0.2, 0.25) is 10.0 Å². The SMILES string of the molecule is COc1c(Cl)cc(CSC2=NOC(C)(CCl)C2)cc1Cl. The maximum atomic E-state index is 6.11. The predicted octanol–water partition coefficient (Wildman–Crippen LogP) is 4.97. The minimum absolute atomic E-state index is 0.390. The summed E-state index contributed by atoms with van der Waals surface area (Å²) in [5.74, 6) is 1.63. The Morgan fingerprint density at radius 3 is 2.55 bits per heavy atom. The number of methoxy groups -OCH3 is 1. The van der Waals surface area contributed by atoms with Crippen molar-refractivity contribution < 1.29 is 9.57 Å². The summed E-state index contributed by atoms with van der Waals surface area (Å²) in [4.78, 5) is 5.34. The zero-order chi connectivity index (χ0) is 14.8. The van der Waals surface area contributed by atoms with Gasteiger partial charge in [0.05, 0.1) is 23.0 Å². The largest absolute Gasteiger partial charge is 0.494 e. The van der Waals surface area contributed by atoms with Crippen molar-refractivity contribution in [3.63, 3.8) is 0 Å². The number of hydrogen-bond donors (Lipinski definition) is 0. The standard InChI is InChI=1S/C13H14Cl3NO2S/c1-13(7-14)5-11(17-19-13)20-6-8-3-9(15)12(18-2)10(16)4-8/h3-4H,5-7H2,1-2H3. The van der Waals surface area contributed by atoms with Gasteiger partial charge in [-0.05, 0) is 24.6 Å². The van der Waals surface area contributed by atoms with Crippen LogP contribution in [0.5, 0.6) is 5.75 Å². The zero-order valence-corrected chi connectivity index (χ0v) is 14.2. The molecule has 2 rings (SSSR count). The normalized spacial score (nSPS) is 21.6. The van der Waals surface area contributed by atoms with E-state index in [1.54, 1.807) is 18.9 Å². The van der Waals surface area contributed by atoms with Gasteiger partial charge in [-0.3, -0.25) is 0 Å². The van der Waals surface area contributed by atoms with Gasteiger partial charge in [-0.15, -0.1) is 23.4 Å². The van der Waals surface area contributed by atoms with Gasteiger partial charge in [-0.1, -0.05) is 28.4 Å². The number of benzene rings is 1. The van der Waals surface area contributed by atoms with Crippen LogP contribution >= 0.6 is 46.6 Å². The van der Waals surface area contributed by atoms with Crippen LogP contribution in [0.1, 0.15) is 18.9 Å². The molecule has 1 heterocycles. The van der Waals surface area contributed by atoms with Gasteiger partial charge in [0.2, 0.25) is 0 Å². The van der Waals surface area contributed by atoms with Crippen LogP contribution in [0.15, 0.2) is 17.3 Å². The molecule has 1 aliphatic heterocycles. The Morgan fingerprint density at radius 1 is 1.40 bits per heavy atom. The third-order valence-corrected chi connectivity index (χ3v) is 5.00. The van der Waals surface area contributed by atoms with Crippen molar-refractivity contribution in [1.29, 1.82) is 0 Å². The molecule has 0 radical (unpaired) electrons. The van der Waals surface area contributed by atoms with E-state index in [9.17, 15) is 0 Å². The molecule has 3 nitrogen and oxygen atoms in total. The van der Waals surface area contributed by atoms with Crippen LogP contribution in [-0.2, 0) is 10.6 Å². The van der Waals surface area contributed by atoms with E-state index in [-0.39, 0.29) is 5.60 Å². The second-order valence-electron chi connectivity index (χ2n) is 4.72. The number of ether oxygens (including phenoxy) is 1. The molecule has 0 spiro atoms. The summed E-state index contributed by atoms with van der Waals surface area (Å²) in [5, 5.41) is 6.00. The molecular formula is C13H14Cl3NO2S. The second kappa shape index (κ2) is 6.65. The molecule has 20 heavy (non-hydrogen) atoms. The van der Waals surface area contributed by atoms with E-state index in [4.69, 9.17) is 44.4 Å². The second-order valence-corrected chi connectivity index (χ2v) is 6.85. The average Bonchev–Trinajstić information content (AvgIpc) is 2.79. The Labute approximate surface area is 137 Å². The molecule has 110 valence electrons. The molecule has 1 aliphatic rings. The fourth-order valence-electron chi connectivity index (χ4n) is 1.75. The Morgan fingerprint density at radius 2 is 2.05 bits per heavy atom. The molecule has 0 amide bonds. The molecule has 0 aliphatic carbocycles. The Hall–Kier alpha value is -0.290. The smallest absolute Gasteiger partial charge is 0.156 e. The van der Waals surface area contributed by atoms with Crippen LogP contribution in [0.25, 0.3) is 0 Å². The molecular weight excluding hydrogens is 341 g/mol. The molecule has 1 aromatic carbocycles. The number of thioether (sulfide) groups is 1. The summed E-state index contributed by atoms with van der Waals surface area (Å²) in [6.45, 7) is 1.94. The first-order valence-corrected chi connectivity index (χ1v) is 8.21. The van der Waals surface area contributed by atoms with Gasteiger partial charge >= 0.3 is 0 Å². The van der Waals surface area contributed by atoms with E-state index in [0.717, 1.165) is 17.0 Å². The minimum Gasteiger partial charge on any atom is -0.494 e. The summed E-state index contributed by atoms with van der Waals surface area (Å²) in [7, 11) is 1.54. The first-order valence-electron chi connectivity index (χ1n) is 5.93. The molecule has 0 fully saturated rings. The molecule has 0 bridgehead atoms. The van der Waals surface area contributed by atoms with Crippen molar-refractivity contribution in [2.24, 2.45) is 5.16 Å². The first kappa shape index (κ1) is 16.1. The Balaban J connectivity index is 1.99. The van der Waals surface area contributed by atoms with Crippen LogP contribution < -0.4 is 4.74 Å². The zero-order valence-electron chi connectivity index (χ0n) is 11.1. The van der Waals surface area contributed by atoms with Gasteiger partial charge in [0.15, 0.2) is 11.4 Å². The Kier molecular flexibility index (Phi) is 5.35. The summed E-state index contributed by atoms with van der Waals surface area (Å²) < 4.78 is 5.12. The fraction of sp³-hybridized carbons (Fsp3) is 0.462. The lowest BCUT2D eigenvalue weighted by molar-refractivity contribution is 0.0152. The highest BCUT2D eigenvalue weighted by molar-refractivity contribution is 8.13. The van der Waals surface area contributed by atoms with Crippen molar-refractivity contribution in [3.8, 4) is 5.75 Å². The van der Waals surface area contributed by atoms with Crippen LogP contribution in [0, 0.1) is 0 Å². The summed E-state index contributed by atoms with van der Waals surface area (Å²) in [6.07, 6.45) is 0.721. The number of rotatable bonds is 4. The van der Waals surface area contributed by atoms with Gasteiger partial charge < -0.3 is 9.57 Å². The summed E-state index contributed by atoms with van der Waals surface area (Å²) in [6, 6.07) is 3.69. The molecule has 1 aromatic rings. The van der Waals surface area contributed by atoms with E-state index in [0.29, 0.717) is 27.4 Å². The molecule has 7 heteroatoms. The average molecular weight is 355 g/mol. The quantitative estimate of drug-likeness (QED) is 0.715. The predicted molar refractivity (Wildman–Crippen MR) is 86.6 cm³/mol. The molecule has 0 aromatic heterocycles. The lowest BCUT2D eigenvalue weighted by Gasteiger charge is -2.16. The van der Waals surface area contributed by atoms with E-state index in [1.165, 1.54) is 0 Å². The monoisotopic (exact) mass is 353 g/mol. The van der Waals surface area contributed by atoms with Gasteiger partial charge in [0, 0.05) is 12.2 Å². The maximum Gasteiger partial charge on any atom is 0.156 e. The van der Waals surface area contributed by atoms with Crippen LogP contribution in [0.4, 0.5) is 0 Å². The van der Waals surface area contributed by atoms with Gasteiger partial charge in [-0.25, -0.2) is 0 Å². The van der Waals surface area contributed by atoms with Crippen LogP contribution in [-0.4, -0.2) is 23.6 Å². The number of alkyl halides is 1. The van der Waals surface area contributed by atoms with E-state index in [2.05, 4.69) is 5.16 Å². The topological polar surface area (TPSA) is 30.8 Å². The van der Waals surface area contributed by atoms with Crippen molar-refractivity contribution in [3.05, 3.63) is 27.7 Å². The van der Waals surface area contributed by atoms with Crippen molar-refractivity contribution >= 4 is 51.6 Å². The number of hydrogen-bond acceptors (Lipinski definition) is 4. The van der Waals surface area contributed by atoms with Crippen molar-refractivity contribution in [1.82, 2.24) is 0 Å². The van der Waals surface area contributed by atoms with Gasteiger partial charge in [0.1, 0.15) is 5.04 Å².